The Morgan fingerprint density at radius 3 is 2.79 bits per heavy atom. The summed E-state index contributed by atoms with van der Waals surface area (Å²) in [7, 11) is 0. The molecule has 0 saturated heterocycles. The Labute approximate surface area is 94.4 Å². The minimum atomic E-state index is 0.282. The number of hydrogen-bond acceptors (Lipinski definition) is 2. The molecule has 0 aliphatic heterocycles. The maximum absolute atomic E-state index is 5.99. The van der Waals surface area contributed by atoms with Gasteiger partial charge in [0, 0.05) is 29.2 Å². The Kier molecular flexibility index (Phi) is 4.69. The van der Waals surface area contributed by atoms with Gasteiger partial charge < -0.3 is 11.1 Å². The van der Waals surface area contributed by atoms with Gasteiger partial charge in [-0.3, -0.25) is 0 Å². The molecule has 3 N–H and O–H groups in total. The summed E-state index contributed by atoms with van der Waals surface area (Å²) >= 11 is 11.8. The molecular weight excluding hydrogens is 219 g/mol. The molecule has 0 aliphatic rings. The second-order valence-corrected chi connectivity index (χ2v) is 4.10. The monoisotopic (exact) mass is 232 g/mol. The van der Waals surface area contributed by atoms with Crippen molar-refractivity contribution in [3.05, 3.63) is 33.8 Å². The van der Waals surface area contributed by atoms with Crippen LogP contribution >= 0.6 is 23.2 Å². The van der Waals surface area contributed by atoms with Gasteiger partial charge in [0.15, 0.2) is 0 Å². The standard InChI is InChI=1S/C10H14Cl2N2/c1-7(5-13)14-6-8-4-9(11)2-3-10(8)12/h2-4,7,14H,5-6,13H2,1H3/t7-/m0/s1. The topological polar surface area (TPSA) is 38.0 Å². The van der Waals surface area contributed by atoms with Crippen LogP contribution in [0.25, 0.3) is 0 Å². The second kappa shape index (κ2) is 5.56. The second-order valence-electron chi connectivity index (χ2n) is 3.25. The van der Waals surface area contributed by atoms with Crippen molar-refractivity contribution in [1.29, 1.82) is 0 Å². The Bertz CT molecular complexity index is 302. The third-order valence-electron chi connectivity index (χ3n) is 2.00. The molecule has 0 fully saturated rings. The van der Waals surface area contributed by atoms with Gasteiger partial charge in [-0.25, -0.2) is 0 Å². The van der Waals surface area contributed by atoms with Crippen molar-refractivity contribution in [2.24, 2.45) is 5.73 Å². The molecule has 0 heterocycles. The van der Waals surface area contributed by atoms with E-state index >= 15 is 0 Å². The van der Waals surface area contributed by atoms with Crippen molar-refractivity contribution >= 4 is 23.2 Å². The number of nitrogens with one attached hydrogen (secondary N) is 1. The maximum atomic E-state index is 5.99. The largest absolute Gasteiger partial charge is 0.329 e. The molecule has 78 valence electrons. The first-order valence-corrected chi connectivity index (χ1v) is 5.26. The van der Waals surface area contributed by atoms with E-state index in [1.54, 1.807) is 12.1 Å². The first kappa shape index (κ1) is 11.8. The molecule has 1 aromatic carbocycles. The van der Waals surface area contributed by atoms with Gasteiger partial charge in [0.25, 0.3) is 0 Å². The number of halogens is 2. The molecule has 4 heteroatoms. The summed E-state index contributed by atoms with van der Waals surface area (Å²) < 4.78 is 0. The van der Waals surface area contributed by atoms with Crippen LogP contribution in [0.4, 0.5) is 0 Å². The lowest BCUT2D eigenvalue weighted by atomic mass is 10.2. The molecular formula is C10H14Cl2N2. The van der Waals surface area contributed by atoms with Gasteiger partial charge in [-0.15, -0.1) is 0 Å². The Morgan fingerprint density at radius 1 is 1.43 bits per heavy atom. The molecule has 0 spiro atoms. The van der Waals surface area contributed by atoms with Gasteiger partial charge in [0.1, 0.15) is 0 Å². The van der Waals surface area contributed by atoms with Crippen LogP contribution in [-0.2, 0) is 6.54 Å². The third kappa shape index (κ3) is 3.46. The third-order valence-corrected chi connectivity index (χ3v) is 2.61. The van der Waals surface area contributed by atoms with E-state index in [2.05, 4.69) is 5.32 Å². The lowest BCUT2D eigenvalue weighted by Crippen LogP contribution is -2.32. The zero-order valence-electron chi connectivity index (χ0n) is 8.06. The quantitative estimate of drug-likeness (QED) is 0.838. The number of rotatable bonds is 4. The summed E-state index contributed by atoms with van der Waals surface area (Å²) in [6.07, 6.45) is 0. The van der Waals surface area contributed by atoms with Crippen molar-refractivity contribution in [2.75, 3.05) is 6.54 Å². The molecule has 0 saturated carbocycles. The zero-order chi connectivity index (χ0) is 10.6. The summed E-state index contributed by atoms with van der Waals surface area (Å²) in [5.74, 6) is 0. The smallest absolute Gasteiger partial charge is 0.0451 e. The maximum Gasteiger partial charge on any atom is 0.0451 e. The van der Waals surface area contributed by atoms with Crippen molar-refractivity contribution in [1.82, 2.24) is 5.32 Å². The fourth-order valence-corrected chi connectivity index (χ4v) is 1.43. The SMILES string of the molecule is C[C@@H](CN)NCc1cc(Cl)ccc1Cl. The highest BCUT2D eigenvalue weighted by Crippen LogP contribution is 2.20. The molecule has 14 heavy (non-hydrogen) atoms. The molecule has 1 rings (SSSR count). The number of hydrogen-bond donors (Lipinski definition) is 2. The van der Waals surface area contributed by atoms with Crippen molar-refractivity contribution in [2.45, 2.75) is 19.5 Å². The molecule has 0 aliphatic carbocycles. The minimum absolute atomic E-state index is 0.282. The van der Waals surface area contributed by atoms with E-state index in [1.807, 2.05) is 13.0 Å². The molecule has 0 radical (unpaired) electrons. The lowest BCUT2D eigenvalue weighted by Gasteiger charge is -2.12. The summed E-state index contributed by atoms with van der Waals surface area (Å²) in [4.78, 5) is 0. The van der Waals surface area contributed by atoms with Crippen LogP contribution in [0.15, 0.2) is 18.2 Å². The van der Waals surface area contributed by atoms with E-state index in [0.29, 0.717) is 18.1 Å². The van der Waals surface area contributed by atoms with Gasteiger partial charge in [0.05, 0.1) is 0 Å². The van der Waals surface area contributed by atoms with E-state index in [0.717, 1.165) is 10.6 Å². The number of nitrogens with two attached hydrogens (primary N) is 1. The summed E-state index contributed by atoms with van der Waals surface area (Å²) in [5, 5.41) is 4.68. The molecule has 1 atom stereocenters. The Morgan fingerprint density at radius 2 is 2.14 bits per heavy atom. The van der Waals surface area contributed by atoms with Crippen LogP contribution in [0.3, 0.4) is 0 Å². The van der Waals surface area contributed by atoms with Gasteiger partial charge in [0.2, 0.25) is 0 Å². The van der Waals surface area contributed by atoms with Gasteiger partial charge >= 0.3 is 0 Å². The van der Waals surface area contributed by atoms with Gasteiger partial charge in [-0.05, 0) is 30.7 Å². The summed E-state index contributed by atoms with van der Waals surface area (Å²) in [6.45, 7) is 3.33. The molecule has 0 amide bonds. The highest BCUT2D eigenvalue weighted by Gasteiger charge is 2.03. The summed E-state index contributed by atoms with van der Waals surface area (Å²) in [6, 6.07) is 5.72. The predicted octanol–water partition coefficient (Wildman–Crippen LogP) is 2.43. The van der Waals surface area contributed by atoms with E-state index < -0.39 is 0 Å². The predicted molar refractivity (Wildman–Crippen MR) is 61.8 cm³/mol. The molecule has 0 bridgehead atoms. The van der Waals surface area contributed by atoms with Crippen molar-refractivity contribution in [3.63, 3.8) is 0 Å². The fraction of sp³-hybridized carbons (Fsp3) is 0.400. The fourth-order valence-electron chi connectivity index (χ4n) is 1.05. The number of benzene rings is 1. The molecule has 0 unspecified atom stereocenters. The van der Waals surface area contributed by atoms with Gasteiger partial charge in [-0.1, -0.05) is 23.2 Å². The van der Waals surface area contributed by atoms with Crippen molar-refractivity contribution < 1.29 is 0 Å². The average molecular weight is 233 g/mol. The van der Waals surface area contributed by atoms with Crippen LogP contribution in [0.5, 0.6) is 0 Å². The van der Waals surface area contributed by atoms with Crippen molar-refractivity contribution in [3.8, 4) is 0 Å². The van der Waals surface area contributed by atoms with E-state index in [1.165, 1.54) is 0 Å². The lowest BCUT2D eigenvalue weighted by molar-refractivity contribution is 0.556. The molecule has 2 nitrogen and oxygen atoms in total. The highest BCUT2D eigenvalue weighted by molar-refractivity contribution is 6.33. The Balaban J connectivity index is 2.62. The molecule has 0 aromatic heterocycles. The van der Waals surface area contributed by atoms with Gasteiger partial charge in [-0.2, -0.15) is 0 Å². The average Bonchev–Trinajstić information content (AvgIpc) is 2.19. The zero-order valence-corrected chi connectivity index (χ0v) is 9.57. The summed E-state index contributed by atoms with van der Waals surface area (Å²) in [5.41, 5.74) is 6.48. The van der Waals surface area contributed by atoms with E-state index in [4.69, 9.17) is 28.9 Å². The molecule has 1 aromatic rings. The highest BCUT2D eigenvalue weighted by atomic mass is 35.5. The van der Waals surface area contributed by atoms with Crippen LogP contribution in [0.2, 0.25) is 10.0 Å². The first-order chi connectivity index (χ1) is 6.63. The van der Waals surface area contributed by atoms with Crippen LogP contribution in [0.1, 0.15) is 12.5 Å². The Hall–Kier alpha value is -0.280. The van der Waals surface area contributed by atoms with Crippen LogP contribution in [-0.4, -0.2) is 12.6 Å². The van der Waals surface area contributed by atoms with Crippen LogP contribution < -0.4 is 11.1 Å². The minimum Gasteiger partial charge on any atom is -0.329 e. The normalized spacial score (nSPS) is 12.9. The van der Waals surface area contributed by atoms with E-state index in [9.17, 15) is 0 Å². The van der Waals surface area contributed by atoms with Crippen LogP contribution in [0, 0.1) is 0 Å². The first-order valence-electron chi connectivity index (χ1n) is 4.51. The van der Waals surface area contributed by atoms with E-state index in [-0.39, 0.29) is 6.04 Å².